The maximum absolute atomic E-state index is 12.6. The topological polar surface area (TPSA) is 103 Å². The number of hydrogen-bond donors (Lipinski definition) is 1. The number of carbonyl (C=O) groups excluding carboxylic acids is 2. The molecule has 2 amide bonds. The number of benzene rings is 1. The average molecular weight is 449 g/mol. The first-order chi connectivity index (χ1) is 15.0. The van der Waals surface area contributed by atoms with E-state index in [0.717, 1.165) is 17.8 Å². The zero-order valence-electron chi connectivity index (χ0n) is 18.1. The van der Waals surface area contributed by atoms with Crippen LogP contribution in [0.25, 0.3) is 0 Å². The quantitative estimate of drug-likeness (QED) is 0.629. The summed E-state index contributed by atoms with van der Waals surface area (Å²) in [6.07, 6.45) is 1.96. The van der Waals surface area contributed by atoms with Crippen molar-refractivity contribution < 1.29 is 23.8 Å². The summed E-state index contributed by atoms with van der Waals surface area (Å²) in [6, 6.07) is 4.82. The number of rotatable bonds is 9. The van der Waals surface area contributed by atoms with E-state index in [-0.39, 0.29) is 18.4 Å². The van der Waals surface area contributed by atoms with E-state index in [1.165, 1.54) is 18.4 Å². The van der Waals surface area contributed by atoms with Crippen molar-refractivity contribution in [3.8, 4) is 11.5 Å². The van der Waals surface area contributed by atoms with Crippen molar-refractivity contribution >= 4 is 28.3 Å². The molecule has 1 aliphatic rings. The molecule has 1 saturated heterocycles. The smallest absolute Gasteiger partial charge is 0.260 e. The molecule has 0 aliphatic carbocycles. The third-order valence-corrected chi connectivity index (χ3v) is 6.14. The molecule has 0 saturated carbocycles. The molecule has 1 aromatic carbocycles. The number of nitrogens with one attached hydrogen (secondary N) is 1. The number of hydrogen-bond acceptors (Lipinski definition) is 8. The summed E-state index contributed by atoms with van der Waals surface area (Å²) in [7, 11) is 1.49. The van der Waals surface area contributed by atoms with Crippen molar-refractivity contribution in [2.45, 2.75) is 32.6 Å². The fourth-order valence-corrected chi connectivity index (χ4v) is 4.23. The van der Waals surface area contributed by atoms with Crippen LogP contribution >= 0.6 is 11.3 Å². The van der Waals surface area contributed by atoms with Crippen molar-refractivity contribution in [1.29, 1.82) is 0 Å². The van der Waals surface area contributed by atoms with Gasteiger partial charge in [0.25, 0.3) is 11.8 Å². The highest BCUT2D eigenvalue weighted by molar-refractivity contribution is 7.15. The van der Waals surface area contributed by atoms with Crippen LogP contribution in [0, 0.1) is 0 Å². The van der Waals surface area contributed by atoms with E-state index in [4.69, 9.17) is 14.2 Å². The Labute approximate surface area is 185 Å². The molecule has 31 heavy (non-hydrogen) atoms. The van der Waals surface area contributed by atoms with Gasteiger partial charge in [-0.15, -0.1) is 10.2 Å². The van der Waals surface area contributed by atoms with Gasteiger partial charge in [-0.3, -0.25) is 14.9 Å². The first kappa shape index (κ1) is 23.0. The van der Waals surface area contributed by atoms with Gasteiger partial charge in [-0.1, -0.05) is 25.2 Å². The molecule has 10 heteroatoms. The van der Waals surface area contributed by atoms with E-state index in [1.54, 1.807) is 23.1 Å². The molecule has 0 bridgehead atoms. The van der Waals surface area contributed by atoms with Crippen LogP contribution in [0.1, 0.15) is 48.0 Å². The highest BCUT2D eigenvalue weighted by atomic mass is 32.1. The molecule has 0 spiro atoms. The lowest BCUT2D eigenvalue weighted by atomic mass is 10.1. The highest BCUT2D eigenvalue weighted by Crippen LogP contribution is 2.30. The van der Waals surface area contributed by atoms with Crippen molar-refractivity contribution in [2.24, 2.45) is 0 Å². The summed E-state index contributed by atoms with van der Waals surface area (Å²) in [4.78, 5) is 26.6. The Bertz CT molecular complexity index is 894. The van der Waals surface area contributed by atoms with Gasteiger partial charge in [-0.05, 0) is 31.0 Å². The number of nitrogens with zero attached hydrogens (tertiary/aromatic N) is 3. The molecule has 2 heterocycles. The zero-order valence-corrected chi connectivity index (χ0v) is 18.9. The molecule has 1 aromatic heterocycles. The van der Waals surface area contributed by atoms with E-state index >= 15 is 0 Å². The van der Waals surface area contributed by atoms with Gasteiger partial charge in [0.15, 0.2) is 18.1 Å². The SMILES string of the molecule is CCC(CC)c1nnc(NC(=O)c2ccc(OCC(=O)N3CCOCC3)c(OC)c2)s1. The van der Waals surface area contributed by atoms with Gasteiger partial charge in [0.1, 0.15) is 5.01 Å². The van der Waals surface area contributed by atoms with Crippen LogP contribution in [0.4, 0.5) is 5.13 Å². The molecule has 1 fully saturated rings. The molecule has 9 nitrogen and oxygen atoms in total. The number of aromatic nitrogens is 2. The molecule has 0 unspecified atom stereocenters. The van der Waals surface area contributed by atoms with Crippen LogP contribution in [-0.4, -0.2) is 66.9 Å². The second kappa shape index (κ2) is 11.1. The van der Waals surface area contributed by atoms with Crippen LogP contribution in [0.5, 0.6) is 11.5 Å². The number of carbonyl (C=O) groups is 2. The molecule has 0 atom stereocenters. The van der Waals surface area contributed by atoms with Gasteiger partial charge in [0.05, 0.1) is 20.3 Å². The largest absolute Gasteiger partial charge is 0.493 e. The normalized spacial score (nSPS) is 13.9. The summed E-state index contributed by atoms with van der Waals surface area (Å²) in [5.74, 6) is 0.683. The molecule has 0 radical (unpaired) electrons. The number of ether oxygens (including phenoxy) is 3. The van der Waals surface area contributed by atoms with Gasteiger partial charge in [0, 0.05) is 24.6 Å². The van der Waals surface area contributed by atoms with Crippen molar-refractivity contribution in [1.82, 2.24) is 15.1 Å². The Morgan fingerprint density at radius 2 is 1.94 bits per heavy atom. The lowest BCUT2D eigenvalue weighted by Gasteiger charge is -2.26. The molecule has 3 rings (SSSR count). The van der Waals surface area contributed by atoms with Gasteiger partial charge < -0.3 is 19.1 Å². The number of anilines is 1. The molecule has 1 N–H and O–H groups in total. The van der Waals surface area contributed by atoms with Gasteiger partial charge >= 0.3 is 0 Å². The summed E-state index contributed by atoms with van der Waals surface area (Å²) < 4.78 is 16.2. The van der Waals surface area contributed by atoms with Crippen LogP contribution in [0.3, 0.4) is 0 Å². The minimum atomic E-state index is -0.318. The van der Waals surface area contributed by atoms with E-state index in [2.05, 4.69) is 29.4 Å². The number of amides is 2. The summed E-state index contributed by atoms with van der Waals surface area (Å²) in [5, 5.41) is 12.4. The van der Waals surface area contributed by atoms with Gasteiger partial charge in [-0.25, -0.2) is 0 Å². The Morgan fingerprint density at radius 1 is 1.19 bits per heavy atom. The summed E-state index contributed by atoms with van der Waals surface area (Å²) >= 11 is 1.39. The second-order valence-electron chi connectivity index (χ2n) is 7.06. The van der Waals surface area contributed by atoms with E-state index in [1.807, 2.05) is 0 Å². The predicted molar refractivity (Wildman–Crippen MR) is 117 cm³/mol. The predicted octanol–water partition coefficient (Wildman–Crippen LogP) is 2.94. The third-order valence-electron chi connectivity index (χ3n) is 5.14. The summed E-state index contributed by atoms with van der Waals surface area (Å²) in [6.45, 7) is 6.30. The van der Waals surface area contributed by atoms with Crippen molar-refractivity contribution in [3.05, 3.63) is 28.8 Å². The monoisotopic (exact) mass is 448 g/mol. The van der Waals surface area contributed by atoms with E-state index in [0.29, 0.717) is 54.4 Å². The Morgan fingerprint density at radius 3 is 2.61 bits per heavy atom. The van der Waals surface area contributed by atoms with E-state index < -0.39 is 0 Å². The third kappa shape index (κ3) is 5.92. The van der Waals surface area contributed by atoms with Crippen LogP contribution in [-0.2, 0) is 9.53 Å². The second-order valence-corrected chi connectivity index (χ2v) is 8.07. The van der Waals surface area contributed by atoms with Gasteiger partial charge in [-0.2, -0.15) is 0 Å². The van der Waals surface area contributed by atoms with E-state index in [9.17, 15) is 9.59 Å². The first-order valence-electron chi connectivity index (χ1n) is 10.4. The number of morpholine rings is 1. The molecular formula is C21H28N4O5S. The van der Waals surface area contributed by atoms with Gasteiger partial charge in [0.2, 0.25) is 5.13 Å². The Balaban J connectivity index is 1.62. The van der Waals surface area contributed by atoms with Crippen molar-refractivity contribution in [3.63, 3.8) is 0 Å². The van der Waals surface area contributed by atoms with Crippen molar-refractivity contribution in [2.75, 3.05) is 45.3 Å². The zero-order chi connectivity index (χ0) is 22.2. The number of methoxy groups -OCH3 is 1. The average Bonchev–Trinajstić information content (AvgIpc) is 3.26. The lowest BCUT2D eigenvalue weighted by Crippen LogP contribution is -2.43. The lowest BCUT2D eigenvalue weighted by molar-refractivity contribution is -0.137. The maximum atomic E-state index is 12.6. The highest BCUT2D eigenvalue weighted by Gasteiger charge is 2.19. The Hall–Kier alpha value is -2.72. The summed E-state index contributed by atoms with van der Waals surface area (Å²) in [5.41, 5.74) is 0.392. The maximum Gasteiger partial charge on any atom is 0.260 e. The van der Waals surface area contributed by atoms with Crippen LogP contribution in [0.2, 0.25) is 0 Å². The van der Waals surface area contributed by atoms with Crippen LogP contribution < -0.4 is 14.8 Å². The molecule has 168 valence electrons. The molecule has 1 aliphatic heterocycles. The fraction of sp³-hybridized carbons (Fsp3) is 0.524. The molecular weight excluding hydrogens is 420 g/mol. The fourth-order valence-electron chi connectivity index (χ4n) is 3.23. The van der Waals surface area contributed by atoms with Crippen LogP contribution in [0.15, 0.2) is 18.2 Å². The molecule has 2 aromatic rings. The minimum absolute atomic E-state index is 0.106. The minimum Gasteiger partial charge on any atom is -0.493 e. The standard InChI is InChI=1S/C21H28N4O5S/c1-4-14(5-2)20-23-24-21(31-20)22-19(27)15-6-7-16(17(12-15)28-3)30-13-18(26)25-8-10-29-11-9-25/h6-7,12,14H,4-5,8-11,13H2,1-3H3,(H,22,24,27). The Kier molecular flexibility index (Phi) is 8.19. The first-order valence-corrected chi connectivity index (χ1v) is 11.2.